The minimum absolute atomic E-state index is 0.0751. The maximum atomic E-state index is 12.3. The van der Waals surface area contributed by atoms with Gasteiger partial charge in [0, 0.05) is 34.8 Å². The standard InChI is InChI=1S/C9H18ClF3IN2/c1-8(2,15(10)14)5-6-16(3,4)7-9(11,12)13/h5-7H2,1-4H3/q+1. The van der Waals surface area contributed by atoms with Gasteiger partial charge in [0.25, 0.3) is 0 Å². The zero-order valence-corrected chi connectivity index (χ0v) is 12.8. The summed E-state index contributed by atoms with van der Waals surface area (Å²) in [6.07, 6.45) is -3.53. The summed E-state index contributed by atoms with van der Waals surface area (Å²) in [5, 5.41) is 0. The molecule has 0 rings (SSSR count). The molecular formula is C9H18ClF3IN2+. The Bertz CT molecular complexity index is 229. The molecular weight excluding hydrogens is 355 g/mol. The minimum atomic E-state index is -4.13. The van der Waals surface area contributed by atoms with Crippen LogP contribution < -0.4 is 0 Å². The Morgan fingerprint density at radius 2 is 1.69 bits per heavy atom. The van der Waals surface area contributed by atoms with Gasteiger partial charge in [0.15, 0.2) is 6.54 Å². The SMILES string of the molecule is CC(C)(CC[N+](C)(C)CC(F)(F)F)N(Cl)I. The third-order valence-corrected chi connectivity index (χ3v) is 4.16. The molecule has 0 unspecified atom stereocenters. The van der Waals surface area contributed by atoms with E-state index < -0.39 is 12.7 Å². The molecule has 0 aromatic carbocycles. The Morgan fingerprint density at radius 1 is 1.25 bits per heavy atom. The maximum absolute atomic E-state index is 12.3. The number of rotatable bonds is 5. The molecule has 98 valence electrons. The van der Waals surface area contributed by atoms with Crippen LogP contribution >= 0.6 is 34.6 Å². The van der Waals surface area contributed by atoms with Crippen molar-refractivity contribution in [3.8, 4) is 0 Å². The first kappa shape index (κ1) is 16.7. The lowest BCUT2D eigenvalue weighted by Gasteiger charge is -2.35. The molecule has 0 aliphatic rings. The van der Waals surface area contributed by atoms with Gasteiger partial charge in [0.1, 0.15) is 0 Å². The van der Waals surface area contributed by atoms with E-state index in [0.29, 0.717) is 13.0 Å². The third-order valence-electron chi connectivity index (χ3n) is 2.39. The van der Waals surface area contributed by atoms with Crippen molar-refractivity contribution in [2.45, 2.75) is 32.0 Å². The van der Waals surface area contributed by atoms with Gasteiger partial charge in [-0.3, -0.25) is 0 Å². The summed E-state index contributed by atoms with van der Waals surface area (Å²) in [7, 11) is 3.16. The predicted octanol–water partition coefficient (Wildman–Crippen LogP) is 3.60. The molecule has 0 aromatic rings. The van der Waals surface area contributed by atoms with E-state index in [2.05, 4.69) is 0 Å². The first-order valence-corrected chi connectivity index (χ1v) is 6.17. The van der Waals surface area contributed by atoms with Gasteiger partial charge in [-0.05, 0) is 25.6 Å². The van der Waals surface area contributed by atoms with Crippen LogP contribution in [0.1, 0.15) is 20.3 Å². The summed E-state index contributed by atoms with van der Waals surface area (Å²) in [5.41, 5.74) is -0.316. The highest BCUT2D eigenvalue weighted by molar-refractivity contribution is 14.1. The van der Waals surface area contributed by atoms with Crippen molar-refractivity contribution in [2.75, 3.05) is 27.2 Å². The van der Waals surface area contributed by atoms with Crippen molar-refractivity contribution in [1.82, 2.24) is 2.63 Å². The molecule has 0 amide bonds. The third kappa shape index (κ3) is 7.13. The van der Waals surface area contributed by atoms with Crippen molar-refractivity contribution in [3.63, 3.8) is 0 Å². The van der Waals surface area contributed by atoms with E-state index in [-0.39, 0.29) is 10.0 Å². The second kappa shape index (κ2) is 5.58. The molecule has 0 heterocycles. The largest absolute Gasteiger partial charge is 0.438 e. The van der Waals surface area contributed by atoms with Crippen molar-refractivity contribution in [3.05, 3.63) is 0 Å². The lowest BCUT2D eigenvalue weighted by molar-refractivity contribution is -0.901. The Morgan fingerprint density at radius 3 is 2.00 bits per heavy atom. The smallest absolute Gasteiger partial charge is 0.321 e. The molecule has 2 nitrogen and oxygen atoms in total. The van der Waals surface area contributed by atoms with Gasteiger partial charge in [-0.1, -0.05) is 0 Å². The van der Waals surface area contributed by atoms with Gasteiger partial charge < -0.3 is 4.48 Å². The molecule has 0 fully saturated rings. The van der Waals surface area contributed by atoms with Crippen LogP contribution in [0.25, 0.3) is 0 Å². The number of nitrogens with zero attached hydrogens (tertiary/aromatic N) is 2. The van der Waals surface area contributed by atoms with Gasteiger partial charge in [-0.2, -0.15) is 15.8 Å². The zero-order valence-electron chi connectivity index (χ0n) is 9.91. The zero-order chi connectivity index (χ0) is 13.2. The molecule has 0 spiro atoms. The van der Waals surface area contributed by atoms with Crippen LogP contribution in [0.15, 0.2) is 0 Å². The van der Waals surface area contributed by atoms with E-state index in [1.165, 1.54) is 2.63 Å². The van der Waals surface area contributed by atoms with E-state index in [1.54, 1.807) is 14.1 Å². The Labute approximate surface area is 114 Å². The fourth-order valence-corrected chi connectivity index (χ4v) is 1.55. The number of alkyl halides is 3. The molecule has 7 heteroatoms. The van der Waals surface area contributed by atoms with Gasteiger partial charge >= 0.3 is 6.18 Å². The lowest BCUT2D eigenvalue weighted by atomic mass is 10.0. The summed E-state index contributed by atoms with van der Waals surface area (Å²) < 4.78 is 38.2. The lowest BCUT2D eigenvalue weighted by Crippen LogP contribution is -2.49. The Kier molecular flexibility index (Phi) is 5.84. The van der Waals surface area contributed by atoms with Crippen molar-refractivity contribution in [2.24, 2.45) is 0 Å². The number of quaternary nitrogens is 1. The predicted molar refractivity (Wildman–Crippen MR) is 68.3 cm³/mol. The average molecular weight is 374 g/mol. The van der Waals surface area contributed by atoms with Gasteiger partial charge in [-0.15, -0.1) is 0 Å². The molecule has 0 atom stereocenters. The van der Waals surface area contributed by atoms with Crippen LogP contribution in [-0.4, -0.2) is 46.0 Å². The van der Waals surface area contributed by atoms with Gasteiger partial charge in [0.2, 0.25) is 0 Å². The molecule has 0 saturated carbocycles. The second-order valence-electron chi connectivity index (χ2n) is 5.23. The maximum Gasteiger partial charge on any atom is 0.438 e. The fourth-order valence-electron chi connectivity index (χ4n) is 1.23. The quantitative estimate of drug-likeness (QED) is 0.404. The van der Waals surface area contributed by atoms with Crippen LogP contribution in [0.4, 0.5) is 13.2 Å². The van der Waals surface area contributed by atoms with Crippen molar-refractivity contribution in [1.29, 1.82) is 0 Å². The summed E-state index contributed by atoms with van der Waals surface area (Å²) >= 11 is 7.76. The van der Waals surface area contributed by atoms with E-state index >= 15 is 0 Å². The van der Waals surface area contributed by atoms with E-state index in [1.807, 2.05) is 36.7 Å². The monoisotopic (exact) mass is 373 g/mol. The van der Waals surface area contributed by atoms with Crippen molar-refractivity contribution < 1.29 is 17.7 Å². The Balaban J connectivity index is 4.29. The molecule has 0 radical (unpaired) electrons. The highest BCUT2D eigenvalue weighted by Gasteiger charge is 2.38. The fraction of sp³-hybridized carbons (Fsp3) is 1.00. The first-order valence-electron chi connectivity index (χ1n) is 4.86. The van der Waals surface area contributed by atoms with Crippen LogP contribution in [0.3, 0.4) is 0 Å². The van der Waals surface area contributed by atoms with Gasteiger partial charge in [0.05, 0.1) is 20.6 Å². The topological polar surface area (TPSA) is 3.24 Å². The second-order valence-corrected chi connectivity index (χ2v) is 7.10. The van der Waals surface area contributed by atoms with E-state index in [9.17, 15) is 13.2 Å². The normalized spacial score (nSPS) is 14.6. The number of hydrogen-bond acceptors (Lipinski definition) is 1. The van der Waals surface area contributed by atoms with E-state index in [0.717, 1.165) is 0 Å². The molecule has 0 aliphatic heterocycles. The van der Waals surface area contributed by atoms with Crippen LogP contribution in [0.2, 0.25) is 0 Å². The summed E-state index contributed by atoms with van der Waals surface area (Å²) in [6, 6.07) is 0. The van der Waals surface area contributed by atoms with Crippen LogP contribution in [0, 0.1) is 0 Å². The molecule has 0 bridgehead atoms. The summed E-state index contributed by atoms with van der Waals surface area (Å²) in [4.78, 5) is 0. The minimum Gasteiger partial charge on any atom is -0.321 e. The Hall–Kier alpha value is 0.730. The number of halogens is 5. The number of hydrogen-bond donors (Lipinski definition) is 0. The summed E-state index contributed by atoms with van der Waals surface area (Å²) in [5.74, 6) is 0. The van der Waals surface area contributed by atoms with Gasteiger partial charge in [-0.25, -0.2) is 0 Å². The molecule has 0 saturated heterocycles. The first-order chi connectivity index (χ1) is 6.86. The van der Waals surface area contributed by atoms with E-state index in [4.69, 9.17) is 11.8 Å². The van der Waals surface area contributed by atoms with Crippen LogP contribution in [0.5, 0.6) is 0 Å². The van der Waals surface area contributed by atoms with Crippen molar-refractivity contribution >= 4 is 34.6 Å². The highest BCUT2D eigenvalue weighted by Crippen LogP contribution is 2.27. The molecule has 0 aliphatic carbocycles. The molecule has 16 heavy (non-hydrogen) atoms. The molecule has 0 N–H and O–H groups in total. The highest BCUT2D eigenvalue weighted by atomic mass is 127. The summed E-state index contributed by atoms with van der Waals surface area (Å²) in [6.45, 7) is 3.42. The van der Waals surface area contributed by atoms with Crippen LogP contribution in [-0.2, 0) is 0 Å². The molecule has 0 aromatic heterocycles. The average Bonchev–Trinajstić information content (AvgIpc) is 1.96.